The number of methoxy groups -OCH3 is 1. The second-order valence-electron chi connectivity index (χ2n) is 6.68. The molecule has 11 nitrogen and oxygen atoms in total. The number of benzene rings is 2. The summed E-state index contributed by atoms with van der Waals surface area (Å²) in [7, 11) is -2.34. The summed E-state index contributed by atoms with van der Waals surface area (Å²) in [5.74, 6) is -2.32. The van der Waals surface area contributed by atoms with Gasteiger partial charge in [-0.25, -0.2) is 14.4 Å². The number of hydrogen-bond acceptors (Lipinski definition) is 11. The van der Waals surface area contributed by atoms with E-state index in [-0.39, 0.29) is 73.8 Å². The predicted octanol–water partition coefficient (Wildman–Crippen LogP) is 7.25. The Morgan fingerprint density at radius 1 is 0.575 bits per heavy atom. The van der Waals surface area contributed by atoms with Crippen molar-refractivity contribution >= 4 is 31.3 Å². The van der Waals surface area contributed by atoms with Gasteiger partial charge < -0.3 is 18.9 Å². The summed E-state index contributed by atoms with van der Waals surface area (Å²) in [6, 6.07) is 11.2. The van der Waals surface area contributed by atoms with Crippen molar-refractivity contribution in [3.8, 4) is 0 Å². The predicted molar refractivity (Wildman–Crippen MR) is 157 cm³/mol. The van der Waals surface area contributed by atoms with E-state index in [0.29, 0.717) is 5.56 Å². The lowest BCUT2D eigenvalue weighted by atomic mass is 10.1. The van der Waals surface area contributed by atoms with Gasteiger partial charge in [0.1, 0.15) is 0 Å². The van der Waals surface area contributed by atoms with Crippen LogP contribution in [-0.4, -0.2) is 57.8 Å². The highest BCUT2D eigenvalue weighted by molar-refractivity contribution is 7.52. The standard InChI is InChI=1S/C22H23O11P.6CH4/c1-15(23)16-4-6-17(7-5-16)21(25)30-13-32-34(3,27)33-14-31-22(26)19-10-8-18(9-11-19)20(24)29-12-28-2;;;;;;/h4-11H,12-14H2,1-3H3;6*1H4. The van der Waals surface area contributed by atoms with Crippen molar-refractivity contribution in [2.24, 2.45) is 0 Å². The van der Waals surface area contributed by atoms with Crippen molar-refractivity contribution in [1.29, 1.82) is 0 Å². The first-order valence-corrected chi connectivity index (χ1v) is 11.7. The minimum atomic E-state index is -3.71. The summed E-state index contributed by atoms with van der Waals surface area (Å²) in [4.78, 5) is 47.0. The molecule has 230 valence electrons. The molecule has 0 N–H and O–H groups in total. The Kier molecular flexibility index (Phi) is 26.1. The Balaban J connectivity index is -0.000000681. The molecule has 2 aromatic carbocycles. The molecule has 1 unspecified atom stereocenters. The largest absolute Gasteiger partial charge is 0.435 e. The van der Waals surface area contributed by atoms with Gasteiger partial charge in [-0.05, 0) is 43.3 Å². The number of Topliss-reactive ketones (excluding diaryl/α,β-unsaturated/α-hetero) is 1. The molecule has 0 spiro atoms. The lowest BCUT2D eigenvalue weighted by Crippen LogP contribution is -2.11. The summed E-state index contributed by atoms with van der Waals surface area (Å²) in [5.41, 5.74) is 0.936. The van der Waals surface area contributed by atoms with E-state index >= 15 is 0 Å². The number of carbonyl (C=O) groups excluding carboxylic acids is 4. The fraction of sp³-hybridized carbons (Fsp3) is 0.429. The Hall–Kier alpha value is -3.37. The van der Waals surface area contributed by atoms with Crippen LogP contribution in [-0.2, 0) is 32.6 Å². The van der Waals surface area contributed by atoms with E-state index < -0.39 is 39.1 Å². The normalized spacial score (nSPS) is 10.5. The van der Waals surface area contributed by atoms with Crippen LogP contribution in [0.5, 0.6) is 0 Å². The second-order valence-corrected chi connectivity index (χ2v) is 8.74. The van der Waals surface area contributed by atoms with E-state index in [0.717, 1.165) is 6.66 Å². The van der Waals surface area contributed by atoms with Gasteiger partial charge in [-0.3, -0.25) is 18.4 Å². The average molecular weight is 591 g/mol. The molecule has 0 radical (unpaired) electrons. The molecule has 0 bridgehead atoms. The van der Waals surface area contributed by atoms with Gasteiger partial charge in [0.25, 0.3) is 0 Å². The fourth-order valence-electron chi connectivity index (χ4n) is 2.33. The number of ketones is 1. The maximum absolute atomic E-state index is 12.2. The smallest absolute Gasteiger partial charge is 0.340 e. The van der Waals surface area contributed by atoms with Gasteiger partial charge in [0.05, 0.1) is 16.7 Å². The third-order valence-electron chi connectivity index (χ3n) is 4.15. The summed E-state index contributed by atoms with van der Waals surface area (Å²) >= 11 is 0. The highest BCUT2D eigenvalue weighted by Crippen LogP contribution is 2.43. The maximum Gasteiger partial charge on any atom is 0.340 e. The third-order valence-corrected chi connectivity index (χ3v) is 5.29. The quantitative estimate of drug-likeness (QED) is 0.0811. The molecule has 12 heteroatoms. The first-order chi connectivity index (χ1) is 16.1. The van der Waals surface area contributed by atoms with Crippen LogP contribution in [0.15, 0.2) is 48.5 Å². The summed E-state index contributed by atoms with van der Waals surface area (Å²) < 4.78 is 41.3. The van der Waals surface area contributed by atoms with Gasteiger partial charge in [-0.1, -0.05) is 56.7 Å². The number of hydrogen-bond donors (Lipinski definition) is 0. The van der Waals surface area contributed by atoms with Crippen LogP contribution in [0.4, 0.5) is 0 Å². The summed E-state index contributed by atoms with van der Waals surface area (Å²) in [6.07, 6.45) is 0. The number of ether oxygens (including phenoxy) is 4. The zero-order valence-corrected chi connectivity index (χ0v) is 19.6. The van der Waals surface area contributed by atoms with Crippen LogP contribution < -0.4 is 0 Å². The maximum atomic E-state index is 12.2. The van der Waals surface area contributed by atoms with Crippen molar-refractivity contribution in [2.75, 3.05) is 34.2 Å². The van der Waals surface area contributed by atoms with E-state index in [1.54, 1.807) is 0 Å². The Bertz CT molecular complexity index is 1060. The van der Waals surface area contributed by atoms with Crippen LogP contribution >= 0.6 is 7.60 Å². The first-order valence-electron chi connectivity index (χ1n) is 9.71. The summed E-state index contributed by atoms with van der Waals surface area (Å²) in [6.45, 7) is 0.944. The zero-order valence-electron chi connectivity index (χ0n) is 18.7. The molecule has 0 saturated carbocycles. The van der Waals surface area contributed by atoms with Gasteiger partial charge in [-0.15, -0.1) is 0 Å². The number of carbonyl (C=O) groups is 4. The minimum Gasteiger partial charge on any atom is -0.435 e. The lowest BCUT2D eigenvalue weighted by Gasteiger charge is -2.14. The molecule has 0 saturated heterocycles. The van der Waals surface area contributed by atoms with Crippen molar-refractivity contribution in [1.82, 2.24) is 0 Å². The molecular formula is C28H47O11P. The number of rotatable bonds is 12. The molecule has 0 aliphatic heterocycles. The zero-order chi connectivity index (χ0) is 25.1. The topological polar surface area (TPSA) is 141 Å². The Morgan fingerprint density at radius 3 is 1.12 bits per heavy atom. The fourth-order valence-corrected chi connectivity index (χ4v) is 2.90. The molecule has 40 heavy (non-hydrogen) atoms. The molecule has 1 atom stereocenters. The van der Waals surface area contributed by atoms with E-state index in [4.69, 9.17) is 23.3 Å². The van der Waals surface area contributed by atoms with E-state index in [2.05, 4.69) is 4.74 Å². The number of esters is 3. The van der Waals surface area contributed by atoms with Crippen LogP contribution in [0.25, 0.3) is 0 Å². The second kappa shape index (κ2) is 22.4. The van der Waals surface area contributed by atoms with Crippen molar-refractivity contribution in [2.45, 2.75) is 51.5 Å². The third kappa shape index (κ3) is 15.3. The highest BCUT2D eigenvalue weighted by atomic mass is 31.2. The minimum absolute atomic E-state index is 0. The molecule has 0 aliphatic carbocycles. The monoisotopic (exact) mass is 590 g/mol. The first kappa shape index (κ1) is 46.5. The van der Waals surface area contributed by atoms with E-state index in [1.165, 1.54) is 62.6 Å². The summed E-state index contributed by atoms with van der Waals surface area (Å²) in [5, 5.41) is 0. The molecular weight excluding hydrogens is 543 g/mol. The average Bonchev–Trinajstić information content (AvgIpc) is 2.82. The highest BCUT2D eigenvalue weighted by Gasteiger charge is 2.20. The molecule has 2 rings (SSSR count). The van der Waals surface area contributed by atoms with Gasteiger partial charge in [-0.2, -0.15) is 0 Å². The van der Waals surface area contributed by atoms with Crippen LogP contribution in [0.1, 0.15) is 92.9 Å². The Labute approximate surface area is 239 Å². The van der Waals surface area contributed by atoms with Crippen molar-refractivity contribution < 1.29 is 51.7 Å². The molecule has 0 amide bonds. The van der Waals surface area contributed by atoms with Crippen molar-refractivity contribution in [3.05, 3.63) is 70.8 Å². The van der Waals surface area contributed by atoms with Crippen LogP contribution in [0.3, 0.4) is 0 Å². The molecule has 0 aliphatic rings. The van der Waals surface area contributed by atoms with Gasteiger partial charge >= 0.3 is 25.5 Å². The van der Waals surface area contributed by atoms with Gasteiger partial charge in [0.15, 0.2) is 12.6 Å². The SMILES string of the molecule is C.C.C.C.C.C.COCOC(=O)c1ccc(C(=O)OCOP(C)(=O)OCOC(=O)c2ccc(C(C)=O)cc2)cc1. The molecule has 0 aromatic heterocycles. The van der Waals surface area contributed by atoms with Crippen LogP contribution in [0, 0.1) is 0 Å². The molecule has 0 heterocycles. The van der Waals surface area contributed by atoms with Gasteiger partial charge in [0, 0.05) is 19.3 Å². The lowest BCUT2D eigenvalue weighted by molar-refractivity contribution is -0.0129. The Morgan fingerprint density at radius 2 is 0.850 bits per heavy atom. The van der Waals surface area contributed by atoms with Crippen molar-refractivity contribution in [3.63, 3.8) is 0 Å². The van der Waals surface area contributed by atoms with Crippen LogP contribution in [0.2, 0.25) is 0 Å². The van der Waals surface area contributed by atoms with E-state index in [1.807, 2.05) is 0 Å². The van der Waals surface area contributed by atoms with E-state index in [9.17, 15) is 23.7 Å². The van der Waals surface area contributed by atoms with Gasteiger partial charge in [0.2, 0.25) is 13.6 Å². The molecule has 2 aromatic rings. The molecule has 0 fully saturated rings.